The number of aryl methyl sites for hydroxylation is 1. The van der Waals surface area contributed by atoms with E-state index in [0.29, 0.717) is 39.6 Å². The van der Waals surface area contributed by atoms with Crippen LogP contribution in [0.2, 0.25) is 0 Å². The van der Waals surface area contributed by atoms with Gasteiger partial charge in [0.25, 0.3) is 0 Å². The molecule has 0 aliphatic rings. The molecule has 3 aromatic carbocycles. The average Bonchev–Trinajstić information content (AvgIpc) is 3.76. The molecule has 0 saturated carbocycles. The number of pyridine rings is 2. The third-order valence-electron chi connectivity index (χ3n) is 8.01. The maximum absolute atomic E-state index is 8.55. The Bertz CT molecular complexity index is 2350. The fourth-order valence-corrected chi connectivity index (χ4v) is 5.90. The van der Waals surface area contributed by atoms with Crippen LogP contribution in [0.4, 0.5) is 0 Å². The van der Waals surface area contributed by atoms with Crippen molar-refractivity contribution in [3.05, 3.63) is 132 Å². The van der Waals surface area contributed by atoms with Crippen LogP contribution in [0.25, 0.3) is 50.4 Å². The minimum atomic E-state index is -2.32. The van der Waals surface area contributed by atoms with Crippen molar-refractivity contribution in [2.24, 2.45) is 5.41 Å². The van der Waals surface area contributed by atoms with Gasteiger partial charge in [0, 0.05) is 62.3 Å². The number of aromatic nitrogens is 4. The molecule has 49 heavy (non-hydrogen) atoms. The largest absolute Gasteiger partial charge is 0.486 e. The van der Waals surface area contributed by atoms with Crippen LogP contribution in [0.3, 0.4) is 0 Å². The molecule has 0 aliphatic carbocycles. The second-order valence-corrected chi connectivity index (χ2v) is 13.5. The van der Waals surface area contributed by atoms with Crippen molar-refractivity contribution in [3.8, 4) is 28.3 Å². The Labute approximate surface area is 311 Å². The first-order valence-corrected chi connectivity index (χ1v) is 16.3. The van der Waals surface area contributed by atoms with Crippen LogP contribution in [-0.2, 0) is 26.5 Å². The Hall–Kier alpha value is -4.38. The normalized spacial score (nSPS) is 13.6. The molecule has 4 aromatic heterocycles. The molecule has 1 radical (unpaired) electrons. The van der Waals surface area contributed by atoms with Gasteiger partial charge in [-0.05, 0) is 65.5 Å². The van der Waals surface area contributed by atoms with Crippen molar-refractivity contribution in [3.63, 3.8) is 0 Å². The summed E-state index contributed by atoms with van der Waals surface area (Å²) in [4.78, 5) is 13.2. The molecule has 0 saturated heterocycles. The third-order valence-corrected chi connectivity index (χ3v) is 8.01. The van der Waals surface area contributed by atoms with Crippen molar-refractivity contribution < 1.29 is 31.4 Å². The number of furan rings is 1. The van der Waals surface area contributed by atoms with Crippen LogP contribution in [0.5, 0.6) is 0 Å². The summed E-state index contributed by atoms with van der Waals surface area (Å²) in [6, 6.07) is 31.2. The number of rotatable bonds is 6. The van der Waals surface area contributed by atoms with Crippen LogP contribution in [0, 0.1) is 24.4 Å². The quantitative estimate of drug-likeness (QED) is 0.157. The summed E-state index contributed by atoms with van der Waals surface area (Å²) in [5, 5.41) is 1.48. The summed E-state index contributed by atoms with van der Waals surface area (Å²) in [6.45, 7) is 12.2. The van der Waals surface area contributed by atoms with E-state index in [1.165, 1.54) is 22.9 Å². The zero-order valence-corrected chi connectivity index (χ0v) is 31.3. The molecule has 0 aliphatic heterocycles. The molecular formula is C43H44IrN4O-2. The monoisotopic (exact) mass is 830 g/mol. The van der Waals surface area contributed by atoms with Crippen molar-refractivity contribution in [2.75, 3.05) is 0 Å². The van der Waals surface area contributed by atoms with Gasteiger partial charge in [-0.3, -0.25) is 4.98 Å². The number of hydrogen-bond acceptors (Lipinski definition) is 4. The van der Waals surface area contributed by atoms with Crippen molar-refractivity contribution >= 4 is 22.1 Å². The zero-order chi connectivity index (χ0) is 38.3. The van der Waals surface area contributed by atoms with Gasteiger partial charge in [-0.1, -0.05) is 89.2 Å². The SMILES string of the molecule is CC(C)c1cccc(C(C)C)c1-n1ccnc1-c1[c-]cccc1.[2H]C([2H])([2H])c1ccc2c(n1)oc1c(-c3cc(C([2H])([2H])C(C)(C)C)ccn3)[c-]ccc12.[Ir]. The van der Waals surface area contributed by atoms with E-state index in [1.54, 1.807) is 30.5 Å². The molecule has 5 nitrogen and oxygen atoms in total. The van der Waals surface area contributed by atoms with E-state index in [-0.39, 0.29) is 31.5 Å². The summed E-state index contributed by atoms with van der Waals surface area (Å²) >= 11 is 0. The molecule has 6 heteroatoms. The fraction of sp³-hybridized carbons (Fsp3) is 0.279. The van der Waals surface area contributed by atoms with Crippen LogP contribution >= 0.6 is 0 Å². The van der Waals surface area contributed by atoms with E-state index in [1.807, 2.05) is 51.2 Å². The summed E-state index contributed by atoms with van der Waals surface area (Å²) < 4.78 is 48.0. The molecule has 0 unspecified atom stereocenters. The Morgan fingerprint density at radius 3 is 2.31 bits per heavy atom. The number of para-hydroxylation sites is 1. The number of benzene rings is 3. The second kappa shape index (κ2) is 15.0. The first kappa shape index (κ1) is 29.5. The van der Waals surface area contributed by atoms with Gasteiger partial charge in [0.05, 0.1) is 11.4 Å². The van der Waals surface area contributed by atoms with Crippen LogP contribution in [0.15, 0.2) is 102 Å². The van der Waals surface area contributed by atoms with E-state index in [2.05, 4.69) is 89.8 Å². The van der Waals surface area contributed by atoms with Gasteiger partial charge in [-0.15, -0.1) is 54.1 Å². The molecular weight excluding hydrogens is 781 g/mol. The smallest absolute Gasteiger partial charge is 0.216 e. The molecule has 0 atom stereocenters. The molecule has 253 valence electrons. The second-order valence-electron chi connectivity index (χ2n) is 13.5. The topological polar surface area (TPSA) is 56.7 Å². The molecule has 7 rings (SSSR count). The van der Waals surface area contributed by atoms with Crippen LogP contribution in [-0.4, -0.2) is 19.5 Å². The first-order valence-electron chi connectivity index (χ1n) is 18.8. The number of fused-ring (bicyclic) bond motifs is 3. The predicted molar refractivity (Wildman–Crippen MR) is 197 cm³/mol. The molecule has 0 fully saturated rings. The van der Waals surface area contributed by atoms with Crippen molar-refractivity contribution in [2.45, 2.75) is 73.5 Å². The van der Waals surface area contributed by atoms with Gasteiger partial charge in [-0.2, -0.15) is 0 Å². The van der Waals surface area contributed by atoms with Crippen molar-refractivity contribution in [1.29, 1.82) is 0 Å². The van der Waals surface area contributed by atoms with Crippen LogP contribution in [0.1, 0.15) is 89.5 Å². The van der Waals surface area contributed by atoms with Crippen LogP contribution < -0.4 is 0 Å². The Kier molecular flexibility index (Phi) is 9.05. The minimum absolute atomic E-state index is 0. The van der Waals surface area contributed by atoms with Gasteiger partial charge >= 0.3 is 0 Å². The molecule has 0 spiro atoms. The molecule has 7 aromatic rings. The third kappa shape index (κ3) is 7.93. The maximum Gasteiger partial charge on any atom is 0.216 e. The molecule has 0 N–H and O–H groups in total. The van der Waals surface area contributed by atoms with E-state index >= 15 is 0 Å². The van der Waals surface area contributed by atoms with E-state index < -0.39 is 18.6 Å². The molecule has 0 bridgehead atoms. The number of imidazole rings is 1. The standard InChI is InChI=1S/C22H21N2O.C21H23N2.Ir/c1-14-8-9-17-16-6-5-7-18(20(16)25-21(17)24-14)19-12-15(10-11-23-19)13-22(2,3)4;1-15(2)18-11-8-12-19(16(3)4)20(18)23-14-13-22-21(23)17-9-6-5-7-10-17;/h5-6,8-12H,13H2,1-4H3;5-9,11-16H,1-4H3;/q2*-1;/i1D3,13D2;;. The first-order chi connectivity index (χ1) is 25.0. The summed E-state index contributed by atoms with van der Waals surface area (Å²) in [5.41, 5.74) is 6.71. The van der Waals surface area contributed by atoms with E-state index in [0.717, 1.165) is 16.8 Å². The van der Waals surface area contributed by atoms with Gasteiger partial charge in [0.2, 0.25) is 5.71 Å². The van der Waals surface area contributed by atoms with Crippen molar-refractivity contribution in [1.82, 2.24) is 19.5 Å². The zero-order valence-electron chi connectivity index (χ0n) is 33.9. The predicted octanol–water partition coefficient (Wildman–Crippen LogP) is 11.3. The molecule has 0 amide bonds. The average molecular weight is 830 g/mol. The Morgan fingerprint density at radius 2 is 1.63 bits per heavy atom. The Balaban J connectivity index is 0.000000211. The van der Waals surface area contributed by atoms with E-state index in [9.17, 15) is 0 Å². The van der Waals surface area contributed by atoms with Gasteiger partial charge in [0.15, 0.2) is 0 Å². The Morgan fingerprint density at radius 1 is 0.857 bits per heavy atom. The summed E-state index contributed by atoms with van der Waals surface area (Å²) in [5.74, 6) is 1.86. The fourth-order valence-electron chi connectivity index (χ4n) is 5.90. The summed E-state index contributed by atoms with van der Waals surface area (Å²) in [6.07, 6.45) is 3.94. The molecule has 4 heterocycles. The van der Waals surface area contributed by atoms with Gasteiger partial charge in [-0.25, -0.2) is 4.98 Å². The minimum Gasteiger partial charge on any atom is -0.486 e. The summed E-state index contributed by atoms with van der Waals surface area (Å²) in [7, 11) is 0. The number of hydrogen-bond donors (Lipinski definition) is 0. The number of nitrogens with zero attached hydrogens (tertiary/aromatic N) is 4. The maximum atomic E-state index is 8.55. The van der Waals surface area contributed by atoms with Gasteiger partial charge in [0.1, 0.15) is 0 Å². The van der Waals surface area contributed by atoms with Gasteiger partial charge < -0.3 is 14.0 Å². The van der Waals surface area contributed by atoms with E-state index in [4.69, 9.17) is 11.3 Å².